The molecule has 4 heteroatoms. The third kappa shape index (κ3) is 2.39. The number of anilines is 1. The maximum Gasteiger partial charge on any atom is 0.119 e. The van der Waals surface area contributed by atoms with Gasteiger partial charge in [0.05, 0.1) is 5.69 Å². The summed E-state index contributed by atoms with van der Waals surface area (Å²) in [4.78, 5) is 0. The maximum absolute atomic E-state index is 7.44. The molecule has 1 rings (SSSR count). The molecule has 1 aromatic carbocycles. The van der Waals surface area contributed by atoms with Crippen LogP contribution in [0.4, 0.5) is 5.69 Å². The van der Waals surface area contributed by atoms with Crippen molar-refractivity contribution < 1.29 is 0 Å². The first-order valence-electron chi connectivity index (χ1n) is 3.72. The Morgan fingerprint density at radius 3 is 2.77 bits per heavy atom. The van der Waals surface area contributed by atoms with Gasteiger partial charge in [-0.15, -0.1) is 0 Å². The van der Waals surface area contributed by atoms with Gasteiger partial charge in [0.2, 0.25) is 0 Å². The second-order valence-corrected chi connectivity index (χ2v) is 3.43. The van der Waals surface area contributed by atoms with Crippen LogP contribution >= 0.6 is 15.9 Å². The number of hydrogen-bond donors (Lipinski definition) is 1. The number of nitrogens with zero attached hydrogens (tertiary/aromatic N) is 2. The van der Waals surface area contributed by atoms with E-state index in [0.29, 0.717) is 5.84 Å². The molecule has 3 nitrogen and oxygen atoms in total. The summed E-state index contributed by atoms with van der Waals surface area (Å²) in [6.07, 6.45) is 0. The predicted octanol–water partition coefficient (Wildman–Crippen LogP) is 2.87. The first-order chi connectivity index (χ1) is 6.15. The second kappa shape index (κ2) is 4.18. The molecule has 0 saturated carbocycles. The van der Waals surface area contributed by atoms with Crippen LogP contribution in [0.3, 0.4) is 0 Å². The number of rotatable bonds is 2. The van der Waals surface area contributed by atoms with E-state index in [0.717, 1.165) is 10.2 Å². The SMILES string of the molecule is C=NN(C(C)=N)c1cccc(Br)c1. The monoisotopic (exact) mass is 239 g/mol. The summed E-state index contributed by atoms with van der Waals surface area (Å²) in [6, 6.07) is 7.56. The Morgan fingerprint density at radius 1 is 1.62 bits per heavy atom. The van der Waals surface area contributed by atoms with Gasteiger partial charge in [-0.25, -0.2) is 5.01 Å². The van der Waals surface area contributed by atoms with E-state index >= 15 is 0 Å². The van der Waals surface area contributed by atoms with E-state index in [1.807, 2.05) is 24.3 Å². The molecule has 0 fully saturated rings. The van der Waals surface area contributed by atoms with Gasteiger partial charge in [0.25, 0.3) is 0 Å². The Labute approximate surface area is 85.7 Å². The van der Waals surface area contributed by atoms with Crippen molar-refractivity contribution in [3.05, 3.63) is 28.7 Å². The lowest BCUT2D eigenvalue weighted by Gasteiger charge is -2.16. The van der Waals surface area contributed by atoms with Crippen molar-refractivity contribution in [1.82, 2.24) is 0 Å². The van der Waals surface area contributed by atoms with Crippen LogP contribution in [-0.4, -0.2) is 12.6 Å². The fourth-order valence-electron chi connectivity index (χ4n) is 0.989. The van der Waals surface area contributed by atoms with Gasteiger partial charge in [0.15, 0.2) is 0 Å². The molecular weight excluding hydrogens is 230 g/mol. The average Bonchev–Trinajstić information content (AvgIpc) is 2.04. The molecule has 0 amide bonds. The van der Waals surface area contributed by atoms with E-state index in [9.17, 15) is 0 Å². The minimum Gasteiger partial charge on any atom is -0.287 e. The van der Waals surface area contributed by atoms with Crippen LogP contribution in [0.1, 0.15) is 6.92 Å². The van der Waals surface area contributed by atoms with E-state index in [1.54, 1.807) is 6.92 Å². The van der Waals surface area contributed by atoms with Gasteiger partial charge in [0, 0.05) is 11.2 Å². The number of amidine groups is 1. The van der Waals surface area contributed by atoms with Crippen molar-refractivity contribution in [3.63, 3.8) is 0 Å². The van der Waals surface area contributed by atoms with Crippen LogP contribution in [0.15, 0.2) is 33.8 Å². The Balaban J connectivity index is 3.04. The van der Waals surface area contributed by atoms with Crippen LogP contribution in [0.2, 0.25) is 0 Å². The number of benzene rings is 1. The highest BCUT2D eigenvalue weighted by atomic mass is 79.9. The molecule has 0 saturated heterocycles. The van der Waals surface area contributed by atoms with E-state index in [-0.39, 0.29) is 0 Å². The number of hydrazone groups is 1. The minimum absolute atomic E-state index is 0.341. The molecule has 0 atom stereocenters. The molecule has 13 heavy (non-hydrogen) atoms. The van der Waals surface area contributed by atoms with Crippen molar-refractivity contribution >= 4 is 34.2 Å². The molecule has 0 aromatic heterocycles. The van der Waals surface area contributed by atoms with Crippen LogP contribution in [-0.2, 0) is 0 Å². The predicted molar refractivity (Wildman–Crippen MR) is 59.6 cm³/mol. The van der Waals surface area contributed by atoms with Gasteiger partial charge >= 0.3 is 0 Å². The molecule has 0 bridgehead atoms. The zero-order chi connectivity index (χ0) is 9.84. The third-order valence-corrected chi connectivity index (χ3v) is 2.01. The standard InChI is InChI=1S/C9H10BrN3/c1-7(11)13(12-2)9-5-3-4-8(10)6-9/h3-6,11H,2H2,1H3. The lowest BCUT2D eigenvalue weighted by molar-refractivity contribution is 1.11. The lowest BCUT2D eigenvalue weighted by Crippen LogP contribution is -2.20. The zero-order valence-electron chi connectivity index (χ0n) is 7.29. The average molecular weight is 240 g/mol. The summed E-state index contributed by atoms with van der Waals surface area (Å²) in [7, 11) is 0. The molecule has 68 valence electrons. The summed E-state index contributed by atoms with van der Waals surface area (Å²) in [5.74, 6) is 0.341. The summed E-state index contributed by atoms with van der Waals surface area (Å²) >= 11 is 3.35. The highest BCUT2D eigenvalue weighted by molar-refractivity contribution is 9.10. The fourth-order valence-corrected chi connectivity index (χ4v) is 1.38. The molecule has 0 aliphatic heterocycles. The number of hydrogen-bond acceptors (Lipinski definition) is 2. The Hall–Kier alpha value is -1.16. The number of halogens is 1. The molecule has 0 aliphatic carbocycles. The quantitative estimate of drug-likeness (QED) is 0.482. The van der Waals surface area contributed by atoms with Crippen LogP contribution in [0.5, 0.6) is 0 Å². The summed E-state index contributed by atoms with van der Waals surface area (Å²) in [5, 5.41) is 12.6. The molecule has 0 aliphatic rings. The van der Waals surface area contributed by atoms with Crippen molar-refractivity contribution in [1.29, 1.82) is 5.41 Å². The highest BCUT2D eigenvalue weighted by Gasteiger charge is 2.05. The van der Waals surface area contributed by atoms with E-state index in [2.05, 4.69) is 27.7 Å². The fraction of sp³-hybridized carbons (Fsp3) is 0.111. The van der Waals surface area contributed by atoms with E-state index in [4.69, 9.17) is 5.41 Å². The van der Waals surface area contributed by atoms with Crippen molar-refractivity contribution in [3.8, 4) is 0 Å². The Bertz CT molecular complexity index is 335. The van der Waals surface area contributed by atoms with Crippen molar-refractivity contribution in [2.24, 2.45) is 5.10 Å². The van der Waals surface area contributed by atoms with Gasteiger partial charge in [-0.1, -0.05) is 22.0 Å². The Kier molecular flexibility index (Phi) is 3.19. The lowest BCUT2D eigenvalue weighted by atomic mass is 10.3. The molecule has 0 radical (unpaired) electrons. The van der Waals surface area contributed by atoms with Gasteiger partial charge in [-0.3, -0.25) is 5.41 Å². The molecular formula is C9H10BrN3. The molecule has 1 N–H and O–H groups in total. The van der Waals surface area contributed by atoms with Gasteiger partial charge in [-0.05, 0) is 25.1 Å². The van der Waals surface area contributed by atoms with Gasteiger partial charge in [-0.2, -0.15) is 5.10 Å². The van der Waals surface area contributed by atoms with Crippen LogP contribution in [0, 0.1) is 5.41 Å². The normalized spacial score (nSPS) is 9.38. The molecule has 1 aromatic rings. The van der Waals surface area contributed by atoms with Gasteiger partial charge in [0.1, 0.15) is 5.84 Å². The van der Waals surface area contributed by atoms with E-state index < -0.39 is 0 Å². The topological polar surface area (TPSA) is 39.5 Å². The van der Waals surface area contributed by atoms with Crippen molar-refractivity contribution in [2.75, 3.05) is 5.01 Å². The van der Waals surface area contributed by atoms with Gasteiger partial charge < -0.3 is 0 Å². The van der Waals surface area contributed by atoms with Crippen LogP contribution < -0.4 is 5.01 Å². The summed E-state index contributed by atoms with van der Waals surface area (Å²) in [5.41, 5.74) is 0.830. The highest BCUT2D eigenvalue weighted by Crippen LogP contribution is 2.19. The van der Waals surface area contributed by atoms with Crippen LogP contribution in [0.25, 0.3) is 0 Å². The third-order valence-electron chi connectivity index (χ3n) is 1.51. The second-order valence-electron chi connectivity index (χ2n) is 2.52. The largest absolute Gasteiger partial charge is 0.287 e. The summed E-state index contributed by atoms with van der Waals surface area (Å²) in [6.45, 7) is 5.07. The van der Waals surface area contributed by atoms with Crippen molar-refractivity contribution in [2.45, 2.75) is 6.92 Å². The molecule has 0 unspecified atom stereocenters. The molecule has 0 spiro atoms. The zero-order valence-corrected chi connectivity index (χ0v) is 8.87. The number of nitrogens with one attached hydrogen (secondary N) is 1. The first-order valence-corrected chi connectivity index (χ1v) is 4.52. The smallest absolute Gasteiger partial charge is 0.119 e. The summed E-state index contributed by atoms with van der Waals surface area (Å²) < 4.78 is 0.958. The minimum atomic E-state index is 0.341. The van der Waals surface area contributed by atoms with E-state index in [1.165, 1.54) is 5.01 Å². The Morgan fingerprint density at radius 2 is 2.31 bits per heavy atom. The molecule has 0 heterocycles. The maximum atomic E-state index is 7.44. The first kappa shape index (κ1) is 9.92.